The number of amides is 4. The summed E-state index contributed by atoms with van der Waals surface area (Å²) in [4.78, 5) is 69.5. The minimum Gasteiger partial charge on any atom is -0.449 e. The van der Waals surface area contributed by atoms with Crippen LogP contribution >= 0.6 is 7.82 Å². The second kappa shape index (κ2) is 9.43. The zero-order valence-electron chi connectivity index (χ0n) is 16.1. The highest BCUT2D eigenvalue weighted by Gasteiger charge is 2.37. The third-order valence-electron chi connectivity index (χ3n) is 4.47. The van der Waals surface area contributed by atoms with E-state index in [-0.39, 0.29) is 32.5 Å². The van der Waals surface area contributed by atoms with Crippen LogP contribution < -0.4 is 10.6 Å². The lowest BCUT2D eigenvalue weighted by Crippen LogP contribution is -2.42. The van der Waals surface area contributed by atoms with Crippen molar-refractivity contribution in [2.75, 3.05) is 13.2 Å². The lowest BCUT2D eigenvalue weighted by Gasteiger charge is -2.24. The Kier molecular flexibility index (Phi) is 6.91. The Balaban J connectivity index is 1.53. The summed E-state index contributed by atoms with van der Waals surface area (Å²) >= 11 is 0. The van der Waals surface area contributed by atoms with Gasteiger partial charge in [-0.15, -0.1) is 5.06 Å². The number of hydroxylamine groups is 2. The number of hydrogen-bond donors (Lipinski definition) is 4. The van der Waals surface area contributed by atoms with Gasteiger partial charge in [0.2, 0.25) is 0 Å². The van der Waals surface area contributed by atoms with E-state index >= 15 is 0 Å². The number of rotatable bonds is 8. The van der Waals surface area contributed by atoms with Crippen LogP contribution in [0.3, 0.4) is 0 Å². The zero-order chi connectivity index (χ0) is 22.6. The smallest absolute Gasteiger partial charge is 0.449 e. The summed E-state index contributed by atoms with van der Waals surface area (Å²) < 4.78 is 19.8. The average molecular weight is 457 g/mol. The van der Waals surface area contributed by atoms with Gasteiger partial charge in [-0.2, -0.15) is 0 Å². The number of nitrogens with zero attached hydrogens (tertiary/aromatic N) is 1. The van der Waals surface area contributed by atoms with Gasteiger partial charge in [-0.25, -0.2) is 14.2 Å². The Labute approximate surface area is 175 Å². The molecule has 0 spiro atoms. The number of alkyl carbamates (subject to hydrolysis) is 1. The Morgan fingerprint density at radius 3 is 2.19 bits per heavy atom. The number of nitrogens with one attached hydrogen (secondary N) is 2. The van der Waals surface area contributed by atoms with Crippen molar-refractivity contribution in [1.82, 2.24) is 15.7 Å². The molecule has 13 nitrogen and oxygen atoms in total. The Morgan fingerprint density at radius 1 is 1.03 bits per heavy atom. The van der Waals surface area contributed by atoms with Gasteiger partial charge in [0.05, 0.1) is 25.3 Å². The number of benzene rings is 1. The number of carbonyl (C=O) groups is 4. The van der Waals surface area contributed by atoms with Crippen molar-refractivity contribution >= 4 is 31.8 Å². The normalized spacial score (nSPS) is 20.0. The van der Waals surface area contributed by atoms with Crippen molar-refractivity contribution in [2.24, 2.45) is 0 Å². The predicted octanol–water partition coefficient (Wildman–Crippen LogP) is 0.798. The van der Waals surface area contributed by atoms with Crippen molar-refractivity contribution in [1.29, 1.82) is 0 Å². The fourth-order valence-corrected chi connectivity index (χ4v) is 3.50. The van der Waals surface area contributed by atoms with Crippen LogP contribution in [0.4, 0.5) is 9.59 Å². The van der Waals surface area contributed by atoms with Gasteiger partial charge in [-0.3, -0.25) is 14.1 Å². The van der Waals surface area contributed by atoms with Crippen LogP contribution in [0.15, 0.2) is 24.3 Å². The van der Waals surface area contributed by atoms with E-state index in [2.05, 4.69) is 15.2 Å². The van der Waals surface area contributed by atoms with E-state index in [4.69, 9.17) is 19.4 Å². The molecule has 31 heavy (non-hydrogen) atoms. The fourth-order valence-electron chi connectivity index (χ4n) is 3.13. The van der Waals surface area contributed by atoms with Crippen LogP contribution in [0.1, 0.15) is 42.5 Å². The maximum atomic E-state index is 12.2. The van der Waals surface area contributed by atoms with Crippen LogP contribution in [0.5, 0.6) is 0 Å². The topological polar surface area (TPSA) is 181 Å². The maximum Gasteiger partial charge on any atom is 0.469 e. The highest BCUT2D eigenvalue weighted by Crippen LogP contribution is 2.37. The molecule has 1 aromatic rings. The van der Waals surface area contributed by atoms with Crippen molar-refractivity contribution in [2.45, 2.75) is 31.3 Å². The number of hydrogen-bond acceptors (Lipinski definition) is 8. The molecule has 2 unspecified atom stereocenters. The Bertz CT molecular complexity index is 916. The molecule has 2 bridgehead atoms. The molecule has 14 heteroatoms. The molecule has 2 atom stereocenters. The van der Waals surface area contributed by atoms with E-state index in [0.29, 0.717) is 16.2 Å². The van der Waals surface area contributed by atoms with Crippen LogP contribution in [0.2, 0.25) is 0 Å². The standard InChI is InChI=1S/C17H20N3O10P/c21-12-5-6-13(22)20(12)30-17(24)19-15-11-4-1-3-10(9-11)14(15)18-16(23)28-7-2-8-29-31(25,26)27/h1,3-4,9,14-15H,2,5-8H2,(H,18,23)(H,19,24)(H2,25,26,27). The van der Waals surface area contributed by atoms with E-state index in [9.17, 15) is 23.7 Å². The first-order chi connectivity index (χ1) is 14.6. The van der Waals surface area contributed by atoms with Crippen molar-refractivity contribution in [3.05, 3.63) is 35.4 Å². The van der Waals surface area contributed by atoms with Crippen molar-refractivity contribution in [3.63, 3.8) is 0 Å². The fraction of sp³-hybridized carbons (Fsp3) is 0.412. The molecule has 168 valence electrons. The summed E-state index contributed by atoms with van der Waals surface area (Å²) in [7, 11) is -4.58. The molecule has 1 saturated heterocycles. The second-order valence-electron chi connectivity index (χ2n) is 6.69. The third kappa shape index (κ3) is 6.01. The summed E-state index contributed by atoms with van der Waals surface area (Å²) in [5.41, 5.74) is 1.34. The molecule has 1 fully saturated rings. The molecule has 1 aliphatic heterocycles. The summed E-state index contributed by atoms with van der Waals surface area (Å²) in [6.07, 6.45) is -1.88. The summed E-state index contributed by atoms with van der Waals surface area (Å²) in [6.45, 7) is -0.457. The van der Waals surface area contributed by atoms with Gasteiger partial charge in [0, 0.05) is 19.3 Å². The first kappa shape index (κ1) is 22.7. The highest BCUT2D eigenvalue weighted by atomic mass is 31.2. The molecule has 0 saturated carbocycles. The van der Waals surface area contributed by atoms with E-state index in [1.165, 1.54) is 0 Å². The minimum absolute atomic E-state index is 0.0362. The first-order valence-corrected chi connectivity index (χ1v) is 10.7. The number of ether oxygens (including phenoxy) is 1. The van der Waals surface area contributed by atoms with Crippen LogP contribution in [0, 0.1) is 0 Å². The number of imide groups is 1. The van der Waals surface area contributed by atoms with Crippen LogP contribution in [-0.2, 0) is 28.3 Å². The molecule has 0 radical (unpaired) electrons. The molecule has 1 aliphatic carbocycles. The monoisotopic (exact) mass is 457 g/mol. The molecular weight excluding hydrogens is 437 g/mol. The van der Waals surface area contributed by atoms with Gasteiger partial charge < -0.3 is 30.0 Å². The second-order valence-corrected chi connectivity index (χ2v) is 7.93. The molecule has 1 heterocycles. The van der Waals surface area contributed by atoms with Crippen LogP contribution in [0.25, 0.3) is 0 Å². The van der Waals surface area contributed by atoms with E-state index in [0.717, 1.165) is 0 Å². The first-order valence-electron chi connectivity index (χ1n) is 9.21. The lowest BCUT2D eigenvalue weighted by molar-refractivity contribution is -0.171. The van der Waals surface area contributed by atoms with Gasteiger partial charge in [0.25, 0.3) is 11.8 Å². The molecular formula is C17H20N3O10P. The Hall–Kier alpha value is -2.99. The largest absolute Gasteiger partial charge is 0.469 e. The quantitative estimate of drug-likeness (QED) is 0.248. The summed E-state index contributed by atoms with van der Waals surface area (Å²) in [6, 6.07) is 5.47. The molecule has 0 aromatic heterocycles. The Morgan fingerprint density at radius 2 is 1.61 bits per heavy atom. The minimum atomic E-state index is -4.58. The average Bonchev–Trinajstić information content (AvgIpc) is 3.12. The third-order valence-corrected chi connectivity index (χ3v) is 4.99. The number of fused-ring (bicyclic) bond motifs is 2. The van der Waals surface area contributed by atoms with Crippen molar-refractivity contribution < 1.29 is 47.6 Å². The van der Waals surface area contributed by atoms with Gasteiger partial charge >= 0.3 is 20.0 Å². The zero-order valence-corrected chi connectivity index (χ0v) is 16.9. The van der Waals surface area contributed by atoms with Crippen molar-refractivity contribution in [3.8, 4) is 0 Å². The van der Waals surface area contributed by atoms with Gasteiger partial charge in [-0.05, 0) is 11.1 Å². The predicted molar refractivity (Wildman–Crippen MR) is 99.7 cm³/mol. The van der Waals surface area contributed by atoms with Gasteiger partial charge in [0.15, 0.2) is 0 Å². The van der Waals surface area contributed by atoms with E-state index in [1.807, 2.05) is 0 Å². The number of phosphoric acid groups is 1. The molecule has 4 amide bonds. The summed E-state index contributed by atoms with van der Waals surface area (Å²) in [5.74, 6) is -1.23. The number of phosphoric ester groups is 1. The SMILES string of the molecule is O=C(NC1c2cccc(c2)C1NC(=O)ON1C(=O)CCC1=O)OCCCOP(=O)(O)O. The number of carbonyl (C=O) groups excluding carboxylic acids is 4. The van der Waals surface area contributed by atoms with E-state index in [1.54, 1.807) is 24.3 Å². The highest BCUT2D eigenvalue weighted by molar-refractivity contribution is 7.46. The molecule has 3 rings (SSSR count). The molecule has 1 aromatic carbocycles. The lowest BCUT2D eigenvalue weighted by atomic mass is 10.1. The maximum absolute atomic E-state index is 12.2. The van der Waals surface area contributed by atoms with Gasteiger partial charge in [0.1, 0.15) is 0 Å². The van der Waals surface area contributed by atoms with Gasteiger partial charge in [-0.1, -0.05) is 24.3 Å². The molecule has 2 aliphatic rings. The van der Waals surface area contributed by atoms with E-state index < -0.39 is 43.9 Å². The summed E-state index contributed by atoms with van der Waals surface area (Å²) in [5, 5.41) is 5.53. The molecule has 4 N–H and O–H groups in total. The van der Waals surface area contributed by atoms with Crippen LogP contribution in [-0.4, -0.2) is 52.1 Å².